The second-order valence-electron chi connectivity index (χ2n) is 4.91. The normalized spacial score (nSPS) is 23.4. The highest BCUT2D eigenvalue weighted by atomic mass is 16.5. The van der Waals surface area contributed by atoms with Gasteiger partial charge in [0.2, 0.25) is 5.91 Å². The van der Waals surface area contributed by atoms with Crippen molar-refractivity contribution in [3.63, 3.8) is 0 Å². The van der Waals surface area contributed by atoms with E-state index in [1.54, 1.807) is 0 Å². The summed E-state index contributed by atoms with van der Waals surface area (Å²) in [5, 5.41) is 6.28. The molecule has 1 aliphatic heterocycles. The summed E-state index contributed by atoms with van der Waals surface area (Å²) in [4.78, 5) is 14.0. The third-order valence-electron chi connectivity index (χ3n) is 3.30. The largest absolute Gasteiger partial charge is 0.379 e. The van der Waals surface area contributed by atoms with Gasteiger partial charge >= 0.3 is 0 Å². The number of morpholine rings is 1. The zero-order valence-electron chi connectivity index (χ0n) is 10.6. The van der Waals surface area contributed by atoms with Crippen LogP contribution in [-0.4, -0.2) is 62.3 Å². The quantitative estimate of drug-likeness (QED) is 0.663. The van der Waals surface area contributed by atoms with Crippen LogP contribution >= 0.6 is 0 Å². The minimum Gasteiger partial charge on any atom is -0.379 e. The average Bonchev–Trinajstić information content (AvgIpc) is 3.14. The molecule has 0 aromatic heterocycles. The maximum absolute atomic E-state index is 11.7. The number of carbonyl (C=O) groups excluding carboxylic acids is 1. The van der Waals surface area contributed by atoms with E-state index in [4.69, 9.17) is 4.74 Å². The fourth-order valence-electron chi connectivity index (χ4n) is 1.91. The molecule has 1 aliphatic carbocycles. The summed E-state index contributed by atoms with van der Waals surface area (Å²) in [7, 11) is 0. The number of rotatable bonds is 6. The van der Waals surface area contributed by atoms with Gasteiger partial charge < -0.3 is 15.4 Å². The Bertz CT molecular complexity index is 250. The summed E-state index contributed by atoms with van der Waals surface area (Å²) in [5.41, 5.74) is 0. The number of hydrogen-bond donors (Lipinski definition) is 2. The highest BCUT2D eigenvalue weighted by Gasteiger charge is 2.25. The Morgan fingerprint density at radius 2 is 2.12 bits per heavy atom. The molecule has 1 atom stereocenters. The fourth-order valence-corrected chi connectivity index (χ4v) is 1.91. The van der Waals surface area contributed by atoms with Crippen molar-refractivity contribution in [2.24, 2.45) is 0 Å². The lowest BCUT2D eigenvalue weighted by Crippen LogP contribution is -2.46. The van der Waals surface area contributed by atoms with Crippen LogP contribution in [0.4, 0.5) is 0 Å². The zero-order valence-corrected chi connectivity index (χ0v) is 10.6. The second-order valence-corrected chi connectivity index (χ2v) is 4.91. The molecular weight excluding hydrogens is 218 g/mol. The summed E-state index contributed by atoms with van der Waals surface area (Å²) < 4.78 is 5.29. The Hall–Kier alpha value is -0.650. The first kappa shape index (κ1) is 12.8. The minimum absolute atomic E-state index is 0.0864. The maximum Gasteiger partial charge on any atom is 0.237 e. The molecule has 98 valence electrons. The monoisotopic (exact) mass is 241 g/mol. The molecule has 2 aliphatic rings. The van der Waals surface area contributed by atoms with Crippen molar-refractivity contribution in [2.75, 3.05) is 39.4 Å². The van der Waals surface area contributed by atoms with Gasteiger partial charge in [-0.05, 0) is 19.8 Å². The fraction of sp³-hybridized carbons (Fsp3) is 0.917. The van der Waals surface area contributed by atoms with Crippen LogP contribution in [0.15, 0.2) is 0 Å². The van der Waals surface area contributed by atoms with Crippen LogP contribution in [0.3, 0.4) is 0 Å². The van der Waals surface area contributed by atoms with Crippen LogP contribution in [-0.2, 0) is 9.53 Å². The van der Waals surface area contributed by atoms with Crippen molar-refractivity contribution in [3.8, 4) is 0 Å². The molecule has 0 bridgehead atoms. The molecule has 5 heteroatoms. The van der Waals surface area contributed by atoms with E-state index in [1.165, 1.54) is 0 Å². The van der Waals surface area contributed by atoms with Crippen molar-refractivity contribution in [1.82, 2.24) is 15.5 Å². The smallest absolute Gasteiger partial charge is 0.237 e. The summed E-state index contributed by atoms with van der Waals surface area (Å²) in [5.74, 6) is 0.134. The van der Waals surface area contributed by atoms with Crippen LogP contribution in [0, 0.1) is 0 Å². The van der Waals surface area contributed by atoms with Crippen molar-refractivity contribution in [2.45, 2.75) is 31.8 Å². The SMILES string of the molecule is CC(NCCN1CCOCC1)C(=O)NC1CC1. The van der Waals surface area contributed by atoms with Gasteiger partial charge in [0.15, 0.2) is 0 Å². The van der Waals surface area contributed by atoms with Crippen molar-refractivity contribution < 1.29 is 9.53 Å². The number of ether oxygens (including phenoxy) is 1. The molecule has 5 nitrogen and oxygen atoms in total. The molecule has 0 spiro atoms. The van der Waals surface area contributed by atoms with Gasteiger partial charge in [0.25, 0.3) is 0 Å². The zero-order chi connectivity index (χ0) is 12.1. The van der Waals surface area contributed by atoms with Gasteiger partial charge in [0.1, 0.15) is 0 Å². The van der Waals surface area contributed by atoms with Gasteiger partial charge in [-0.1, -0.05) is 0 Å². The van der Waals surface area contributed by atoms with E-state index in [1.807, 2.05) is 6.92 Å². The van der Waals surface area contributed by atoms with Crippen LogP contribution in [0.25, 0.3) is 0 Å². The van der Waals surface area contributed by atoms with Gasteiger partial charge in [0, 0.05) is 32.2 Å². The molecule has 0 radical (unpaired) electrons. The summed E-state index contributed by atoms with van der Waals surface area (Å²) in [6.07, 6.45) is 2.29. The van der Waals surface area contributed by atoms with Crippen molar-refractivity contribution in [1.29, 1.82) is 0 Å². The highest BCUT2D eigenvalue weighted by Crippen LogP contribution is 2.18. The number of hydrogen-bond acceptors (Lipinski definition) is 4. The molecule has 17 heavy (non-hydrogen) atoms. The lowest BCUT2D eigenvalue weighted by molar-refractivity contribution is -0.122. The van der Waals surface area contributed by atoms with E-state index in [2.05, 4.69) is 15.5 Å². The molecule has 0 aromatic rings. The molecule has 1 unspecified atom stereocenters. The van der Waals surface area contributed by atoms with E-state index in [0.717, 1.165) is 52.2 Å². The first-order valence-electron chi connectivity index (χ1n) is 6.59. The van der Waals surface area contributed by atoms with E-state index in [-0.39, 0.29) is 11.9 Å². The van der Waals surface area contributed by atoms with Crippen LogP contribution in [0.5, 0.6) is 0 Å². The van der Waals surface area contributed by atoms with Crippen molar-refractivity contribution in [3.05, 3.63) is 0 Å². The third kappa shape index (κ3) is 4.61. The lowest BCUT2D eigenvalue weighted by atomic mass is 10.3. The number of nitrogens with one attached hydrogen (secondary N) is 2. The minimum atomic E-state index is -0.0864. The van der Waals surface area contributed by atoms with E-state index >= 15 is 0 Å². The molecule has 1 saturated heterocycles. The standard InChI is InChI=1S/C12H23N3O2/c1-10(12(16)14-11-2-3-11)13-4-5-15-6-8-17-9-7-15/h10-11,13H,2-9H2,1H3,(H,14,16). The van der Waals surface area contributed by atoms with E-state index < -0.39 is 0 Å². The summed E-state index contributed by atoms with van der Waals surface area (Å²) >= 11 is 0. The number of nitrogens with zero attached hydrogens (tertiary/aromatic N) is 1. The lowest BCUT2D eigenvalue weighted by Gasteiger charge is -2.27. The number of carbonyl (C=O) groups is 1. The topological polar surface area (TPSA) is 53.6 Å². The second kappa shape index (κ2) is 6.33. The summed E-state index contributed by atoms with van der Waals surface area (Å²) in [6, 6.07) is 0.364. The predicted octanol–water partition coefficient (Wildman–Crippen LogP) is -0.425. The van der Waals surface area contributed by atoms with Gasteiger partial charge in [-0.15, -0.1) is 0 Å². The van der Waals surface area contributed by atoms with Crippen LogP contribution in [0.2, 0.25) is 0 Å². The molecule has 2 fully saturated rings. The third-order valence-corrected chi connectivity index (χ3v) is 3.30. The summed E-state index contributed by atoms with van der Waals surface area (Å²) in [6.45, 7) is 7.45. The van der Waals surface area contributed by atoms with Gasteiger partial charge in [-0.25, -0.2) is 0 Å². The molecule has 2 N–H and O–H groups in total. The average molecular weight is 241 g/mol. The Labute approximate surface area is 103 Å². The molecule has 1 heterocycles. The van der Waals surface area contributed by atoms with Gasteiger partial charge in [-0.3, -0.25) is 9.69 Å². The van der Waals surface area contributed by atoms with E-state index in [0.29, 0.717) is 6.04 Å². The van der Waals surface area contributed by atoms with Crippen molar-refractivity contribution >= 4 is 5.91 Å². The van der Waals surface area contributed by atoms with Crippen LogP contribution < -0.4 is 10.6 Å². The Kier molecular flexibility index (Phi) is 4.76. The van der Waals surface area contributed by atoms with Gasteiger partial charge in [0.05, 0.1) is 19.3 Å². The van der Waals surface area contributed by atoms with Crippen LogP contribution in [0.1, 0.15) is 19.8 Å². The Morgan fingerprint density at radius 1 is 1.41 bits per heavy atom. The maximum atomic E-state index is 11.7. The molecular formula is C12H23N3O2. The molecule has 1 amide bonds. The Morgan fingerprint density at radius 3 is 2.76 bits per heavy atom. The first-order chi connectivity index (χ1) is 8.25. The highest BCUT2D eigenvalue weighted by molar-refractivity contribution is 5.81. The van der Waals surface area contributed by atoms with Gasteiger partial charge in [-0.2, -0.15) is 0 Å². The number of amides is 1. The molecule has 0 aromatic carbocycles. The predicted molar refractivity (Wildman–Crippen MR) is 65.9 cm³/mol. The first-order valence-corrected chi connectivity index (χ1v) is 6.59. The molecule has 2 rings (SSSR count). The molecule has 1 saturated carbocycles. The Balaban J connectivity index is 1.55. The van der Waals surface area contributed by atoms with E-state index in [9.17, 15) is 4.79 Å².